The van der Waals surface area contributed by atoms with E-state index in [1.54, 1.807) is 18.2 Å². The van der Waals surface area contributed by atoms with Crippen molar-refractivity contribution in [3.63, 3.8) is 0 Å². The van der Waals surface area contributed by atoms with Gasteiger partial charge in [-0.05, 0) is 68.1 Å². The first-order chi connectivity index (χ1) is 20.7. The fraction of sp³-hybridized carbons (Fsp3) is 0.167. The number of hydrogen-bond acceptors (Lipinski definition) is 7. The van der Waals surface area contributed by atoms with Crippen molar-refractivity contribution in [3.05, 3.63) is 135 Å². The van der Waals surface area contributed by atoms with Crippen molar-refractivity contribution < 1.29 is 23.4 Å². The number of nitrogens with two attached hydrogens (primary N) is 1. The van der Waals surface area contributed by atoms with Crippen LogP contribution in [0.4, 0.5) is 0 Å². The van der Waals surface area contributed by atoms with Crippen molar-refractivity contribution in [1.29, 1.82) is 5.26 Å². The number of furan rings is 1. The number of aryl methyl sites for hydroxylation is 4. The van der Waals surface area contributed by atoms with Gasteiger partial charge < -0.3 is 24.4 Å². The molecule has 0 saturated heterocycles. The summed E-state index contributed by atoms with van der Waals surface area (Å²) in [5, 5.41) is 10.9. The average molecular weight is 571 g/mol. The first-order valence-electron chi connectivity index (χ1n) is 13.9. The highest BCUT2D eigenvalue weighted by Gasteiger charge is 2.32. The van der Waals surface area contributed by atoms with Crippen LogP contribution in [0.1, 0.15) is 55.4 Å². The maximum absolute atomic E-state index is 13.2. The summed E-state index contributed by atoms with van der Waals surface area (Å²) in [6, 6.07) is 27.0. The number of nitriles is 1. The number of rotatable bonds is 6. The molecule has 1 aromatic heterocycles. The van der Waals surface area contributed by atoms with Gasteiger partial charge in [0.2, 0.25) is 11.6 Å². The van der Waals surface area contributed by atoms with Gasteiger partial charge in [-0.1, -0.05) is 60.2 Å². The summed E-state index contributed by atoms with van der Waals surface area (Å²) < 4.78 is 23.6. The lowest BCUT2D eigenvalue weighted by Gasteiger charge is -2.27. The van der Waals surface area contributed by atoms with E-state index in [0.29, 0.717) is 34.8 Å². The second-order valence-corrected chi connectivity index (χ2v) is 10.8. The summed E-state index contributed by atoms with van der Waals surface area (Å²) >= 11 is 0. The van der Waals surface area contributed by atoms with Crippen LogP contribution in [0, 0.1) is 39.0 Å². The Morgan fingerprint density at radius 2 is 1.72 bits per heavy atom. The summed E-state index contributed by atoms with van der Waals surface area (Å²) in [6.45, 7) is 8.26. The van der Waals surface area contributed by atoms with Gasteiger partial charge in [-0.25, -0.2) is 4.79 Å². The molecule has 4 aromatic carbocycles. The van der Waals surface area contributed by atoms with E-state index in [4.69, 9.17) is 24.4 Å². The molecule has 0 amide bonds. The fourth-order valence-corrected chi connectivity index (χ4v) is 5.34. The van der Waals surface area contributed by atoms with Crippen LogP contribution < -0.4 is 19.9 Å². The first-order valence-corrected chi connectivity index (χ1v) is 13.9. The van der Waals surface area contributed by atoms with Crippen molar-refractivity contribution in [1.82, 2.24) is 0 Å². The second kappa shape index (κ2) is 11.1. The molecule has 2 heterocycles. The normalized spacial score (nSPS) is 14.2. The van der Waals surface area contributed by atoms with E-state index in [9.17, 15) is 10.1 Å². The molecule has 0 fully saturated rings. The van der Waals surface area contributed by atoms with Crippen LogP contribution in [-0.2, 0) is 6.61 Å². The number of carbonyl (C=O) groups excluding carboxylic acids is 1. The molecule has 1 aliphatic heterocycles. The Bertz CT molecular complexity index is 1960. The van der Waals surface area contributed by atoms with Crippen LogP contribution in [0.15, 0.2) is 94.7 Å². The SMILES string of the molecule is Cc1ccc(COc2cccc(C3C(C#N)=C(N)Oc4cc(OC(=O)c5oc6c(C)c(C)ccc6c5C)ccc43)c2)cc1. The van der Waals surface area contributed by atoms with Gasteiger partial charge in [-0.15, -0.1) is 0 Å². The smallest absolute Gasteiger partial charge is 0.379 e. The van der Waals surface area contributed by atoms with E-state index < -0.39 is 11.9 Å². The summed E-state index contributed by atoms with van der Waals surface area (Å²) in [6.07, 6.45) is 0. The Morgan fingerprint density at radius 1 is 0.930 bits per heavy atom. The van der Waals surface area contributed by atoms with Crippen LogP contribution in [0.2, 0.25) is 0 Å². The van der Waals surface area contributed by atoms with Crippen LogP contribution in [-0.4, -0.2) is 5.97 Å². The van der Waals surface area contributed by atoms with E-state index in [1.807, 2.05) is 88.4 Å². The molecule has 5 aromatic rings. The van der Waals surface area contributed by atoms with Crippen LogP contribution in [0.25, 0.3) is 11.0 Å². The Kier molecular flexibility index (Phi) is 7.12. The number of nitrogens with zero attached hydrogens (tertiary/aromatic N) is 1. The van der Waals surface area contributed by atoms with E-state index in [0.717, 1.165) is 27.6 Å². The van der Waals surface area contributed by atoms with Gasteiger partial charge >= 0.3 is 5.97 Å². The maximum Gasteiger partial charge on any atom is 0.379 e. The second-order valence-electron chi connectivity index (χ2n) is 10.8. The van der Waals surface area contributed by atoms with Crippen molar-refractivity contribution in [3.8, 4) is 23.3 Å². The molecule has 6 rings (SSSR count). The zero-order chi connectivity index (χ0) is 30.2. The first kappa shape index (κ1) is 27.7. The number of carbonyl (C=O) groups is 1. The number of esters is 1. The molecule has 0 bridgehead atoms. The molecule has 1 unspecified atom stereocenters. The van der Waals surface area contributed by atoms with Crippen LogP contribution in [0.5, 0.6) is 17.2 Å². The Hall–Kier alpha value is -5.48. The molecular weight excluding hydrogens is 540 g/mol. The maximum atomic E-state index is 13.2. The molecule has 0 saturated carbocycles. The zero-order valence-electron chi connectivity index (χ0n) is 24.4. The topological polar surface area (TPSA) is 108 Å². The highest BCUT2D eigenvalue weighted by Crippen LogP contribution is 2.44. The molecule has 2 N–H and O–H groups in total. The van der Waals surface area contributed by atoms with Gasteiger partial charge in [0, 0.05) is 22.6 Å². The van der Waals surface area contributed by atoms with Gasteiger partial charge in [-0.2, -0.15) is 5.26 Å². The van der Waals surface area contributed by atoms with Crippen LogP contribution >= 0.6 is 0 Å². The monoisotopic (exact) mass is 570 g/mol. The van der Waals surface area contributed by atoms with Crippen molar-refractivity contribution in [2.24, 2.45) is 5.73 Å². The van der Waals surface area contributed by atoms with Gasteiger partial charge in [0.25, 0.3) is 0 Å². The van der Waals surface area contributed by atoms with Gasteiger partial charge in [0.1, 0.15) is 41.1 Å². The summed E-state index contributed by atoms with van der Waals surface area (Å²) in [4.78, 5) is 13.2. The average Bonchev–Trinajstić information content (AvgIpc) is 3.35. The van der Waals surface area contributed by atoms with Gasteiger partial charge in [0.05, 0.1) is 5.92 Å². The Balaban J connectivity index is 1.28. The Labute approximate surface area is 249 Å². The summed E-state index contributed by atoms with van der Waals surface area (Å²) in [5.74, 6) is 0.355. The predicted octanol–water partition coefficient (Wildman–Crippen LogP) is 7.68. The largest absolute Gasteiger partial charge is 0.489 e. The Morgan fingerprint density at radius 3 is 2.49 bits per heavy atom. The lowest BCUT2D eigenvalue weighted by Crippen LogP contribution is -2.21. The third kappa shape index (κ3) is 5.20. The number of ether oxygens (including phenoxy) is 3. The van der Waals surface area contributed by atoms with E-state index in [1.165, 1.54) is 5.56 Å². The molecular formula is C36H30N2O5. The lowest BCUT2D eigenvalue weighted by molar-refractivity contribution is 0.0702. The molecule has 0 radical (unpaired) electrons. The quantitative estimate of drug-likeness (QED) is 0.165. The number of benzene rings is 4. The highest BCUT2D eigenvalue weighted by molar-refractivity contribution is 5.98. The number of hydrogen-bond donors (Lipinski definition) is 1. The molecule has 7 nitrogen and oxygen atoms in total. The van der Waals surface area contributed by atoms with E-state index >= 15 is 0 Å². The van der Waals surface area contributed by atoms with Crippen molar-refractivity contribution >= 4 is 16.9 Å². The minimum Gasteiger partial charge on any atom is -0.489 e. The summed E-state index contributed by atoms with van der Waals surface area (Å²) in [7, 11) is 0. The minimum atomic E-state index is -0.613. The standard InChI is InChI=1S/C36H30N2O5/c1-20-8-11-24(12-9-20)19-40-26-7-5-6-25(16-26)32-29-15-13-27(17-31(29)42-35(38)30(32)18-37)41-36(39)34-23(4)28-14-10-21(2)22(3)33(28)43-34/h5-17,32H,19,38H2,1-4H3. The molecule has 1 aliphatic rings. The zero-order valence-corrected chi connectivity index (χ0v) is 24.4. The molecule has 1 atom stereocenters. The van der Waals surface area contributed by atoms with Crippen molar-refractivity contribution in [2.45, 2.75) is 40.2 Å². The van der Waals surface area contributed by atoms with Gasteiger partial charge in [0.15, 0.2) is 0 Å². The minimum absolute atomic E-state index is 0.00609. The molecule has 0 aliphatic carbocycles. The van der Waals surface area contributed by atoms with Gasteiger partial charge in [-0.3, -0.25) is 0 Å². The molecule has 214 valence electrons. The number of fused-ring (bicyclic) bond motifs is 2. The molecule has 7 heteroatoms. The van der Waals surface area contributed by atoms with E-state index in [2.05, 4.69) is 6.07 Å². The molecule has 43 heavy (non-hydrogen) atoms. The third-order valence-corrected chi connectivity index (χ3v) is 7.93. The van der Waals surface area contributed by atoms with Crippen molar-refractivity contribution in [2.75, 3.05) is 0 Å². The highest BCUT2D eigenvalue weighted by atomic mass is 16.5. The lowest BCUT2D eigenvalue weighted by atomic mass is 9.83. The predicted molar refractivity (Wildman–Crippen MR) is 163 cm³/mol. The summed E-state index contributed by atoms with van der Waals surface area (Å²) in [5.41, 5.74) is 13.7. The van der Waals surface area contributed by atoms with E-state index in [-0.39, 0.29) is 23.0 Å². The van der Waals surface area contributed by atoms with Crippen LogP contribution in [0.3, 0.4) is 0 Å². The third-order valence-electron chi connectivity index (χ3n) is 7.93. The fourth-order valence-electron chi connectivity index (χ4n) is 5.34. The molecule has 0 spiro atoms. The number of allylic oxidation sites excluding steroid dienone is 1.